The van der Waals surface area contributed by atoms with Gasteiger partial charge in [0, 0.05) is 13.2 Å². The Morgan fingerprint density at radius 2 is 2.26 bits per heavy atom. The summed E-state index contributed by atoms with van der Waals surface area (Å²) in [5, 5.41) is 3.20. The summed E-state index contributed by atoms with van der Waals surface area (Å²) in [6, 6.07) is 3.14. The molecule has 2 N–H and O–H groups in total. The lowest BCUT2D eigenvalue weighted by Gasteiger charge is -2.07. The SMILES string of the molecule is CNS(=O)(=O)c1ccc(CNCCC2CCOC2)o1. The van der Waals surface area contributed by atoms with Crippen molar-refractivity contribution in [3.8, 4) is 0 Å². The van der Waals surface area contributed by atoms with Gasteiger partial charge in [0.25, 0.3) is 10.0 Å². The van der Waals surface area contributed by atoms with Crippen LogP contribution in [0.15, 0.2) is 21.6 Å². The van der Waals surface area contributed by atoms with Crippen LogP contribution in [0.1, 0.15) is 18.6 Å². The van der Waals surface area contributed by atoms with Crippen molar-refractivity contribution in [3.05, 3.63) is 17.9 Å². The minimum Gasteiger partial charge on any atom is -0.447 e. The fourth-order valence-corrected chi connectivity index (χ4v) is 2.69. The van der Waals surface area contributed by atoms with Crippen LogP contribution in [0, 0.1) is 5.92 Å². The summed E-state index contributed by atoms with van der Waals surface area (Å²) in [6.07, 6.45) is 2.20. The van der Waals surface area contributed by atoms with Gasteiger partial charge in [-0.05, 0) is 44.5 Å². The van der Waals surface area contributed by atoms with E-state index >= 15 is 0 Å². The molecule has 19 heavy (non-hydrogen) atoms. The van der Waals surface area contributed by atoms with Gasteiger partial charge in [0.1, 0.15) is 5.76 Å². The lowest BCUT2D eigenvalue weighted by atomic mass is 10.1. The zero-order chi connectivity index (χ0) is 13.7. The van der Waals surface area contributed by atoms with Crippen molar-refractivity contribution in [2.24, 2.45) is 5.92 Å². The molecule has 0 bridgehead atoms. The Kier molecular flexibility index (Phi) is 4.98. The van der Waals surface area contributed by atoms with Gasteiger partial charge in [0.05, 0.1) is 6.54 Å². The second-order valence-electron chi connectivity index (χ2n) is 4.62. The zero-order valence-electron chi connectivity index (χ0n) is 11.0. The van der Waals surface area contributed by atoms with Crippen molar-refractivity contribution in [2.75, 3.05) is 26.8 Å². The zero-order valence-corrected chi connectivity index (χ0v) is 11.8. The Balaban J connectivity index is 1.74. The standard InChI is InChI=1S/C12H20N2O4S/c1-13-19(15,16)12-3-2-11(18-12)8-14-6-4-10-5-7-17-9-10/h2-3,10,13-14H,4-9H2,1H3. The van der Waals surface area contributed by atoms with Gasteiger partial charge < -0.3 is 14.5 Å². The number of hydrogen-bond acceptors (Lipinski definition) is 5. The van der Waals surface area contributed by atoms with Crippen molar-refractivity contribution in [1.82, 2.24) is 10.0 Å². The highest BCUT2D eigenvalue weighted by atomic mass is 32.2. The van der Waals surface area contributed by atoms with Crippen LogP contribution >= 0.6 is 0 Å². The Hall–Kier alpha value is -0.890. The molecule has 1 fully saturated rings. The Labute approximate surface area is 113 Å². The van der Waals surface area contributed by atoms with Crippen LogP contribution in [0.4, 0.5) is 0 Å². The minimum absolute atomic E-state index is 0.0454. The molecule has 2 heterocycles. The lowest BCUT2D eigenvalue weighted by Crippen LogP contribution is -2.18. The molecule has 0 amide bonds. The molecule has 0 radical (unpaired) electrons. The summed E-state index contributed by atoms with van der Waals surface area (Å²) in [4.78, 5) is 0. The molecule has 1 aromatic heterocycles. The van der Waals surface area contributed by atoms with E-state index in [1.807, 2.05) is 0 Å². The van der Waals surface area contributed by atoms with Gasteiger partial charge in [-0.15, -0.1) is 0 Å². The molecule has 1 aromatic rings. The molecular weight excluding hydrogens is 268 g/mol. The van der Waals surface area contributed by atoms with Crippen LogP contribution in [0.25, 0.3) is 0 Å². The van der Waals surface area contributed by atoms with E-state index < -0.39 is 10.0 Å². The van der Waals surface area contributed by atoms with Crippen molar-refractivity contribution < 1.29 is 17.6 Å². The van der Waals surface area contributed by atoms with Gasteiger partial charge in [0.15, 0.2) is 0 Å². The monoisotopic (exact) mass is 288 g/mol. The Morgan fingerprint density at radius 1 is 1.42 bits per heavy atom. The third-order valence-corrected chi connectivity index (χ3v) is 4.51. The van der Waals surface area contributed by atoms with Crippen molar-refractivity contribution in [2.45, 2.75) is 24.5 Å². The van der Waals surface area contributed by atoms with Gasteiger partial charge in [0.2, 0.25) is 5.09 Å². The summed E-state index contributed by atoms with van der Waals surface area (Å²) in [6.45, 7) is 3.14. The van der Waals surface area contributed by atoms with E-state index in [0.717, 1.165) is 32.6 Å². The number of hydrogen-bond donors (Lipinski definition) is 2. The number of nitrogens with one attached hydrogen (secondary N) is 2. The maximum absolute atomic E-state index is 11.5. The Morgan fingerprint density at radius 3 is 2.95 bits per heavy atom. The molecule has 108 valence electrons. The van der Waals surface area contributed by atoms with E-state index in [2.05, 4.69) is 10.0 Å². The average molecular weight is 288 g/mol. The quantitative estimate of drug-likeness (QED) is 0.722. The molecule has 1 aliphatic rings. The lowest BCUT2D eigenvalue weighted by molar-refractivity contribution is 0.184. The molecule has 7 heteroatoms. The third kappa shape index (κ3) is 4.04. The first-order valence-corrected chi connectivity index (χ1v) is 7.91. The van der Waals surface area contributed by atoms with E-state index in [-0.39, 0.29) is 5.09 Å². The van der Waals surface area contributed by atoms with E-state index in [1.165, 1.54) is 13.1 Å². The molecule has 0 aromatic carbocycles. The summed E-state index contributed by atoms with van der Waals surface area (Å²) in [7, 11) is -2.12. The predicted molar refractivity (Wildman–Crippen MR) is 70.2 cm³/mol. The second kappa shape index (κ2) is 6.51. The molecule has 1 aliphatic heterocycles. The summed E-state index contributed by atoms with van der Waals surface area (Å²) < 4.78 is 35.8. The molecule has 1 unspecified atom stereocenters. The van der Waals surface area contributed by atoms with Crippen LogP contribution in [-0.2, 0) is 21.3 Å². The third-order valence-electron chi connectivity index (χ3n) is 3.22. The van der Waals surface area contributed by atoms with E-state index in [1.54, 1.807) is 6.07 Å². The number of furan rings is 1. The summed E-state index contributed by atoms with van der Waals surface area (Å²) in [5.41, 5.74) is 0. The Bertz CT molecular complexity index is 492. The second-order valence-corrected chi connectivity index (χ2v) is 6.44. The van der Waals surface area contributed by atoms with Gasteiger partial charge >= 0.3 is 0 Å². The van der Waals surface area contributed by atoms with Gasteiger partial charge in [-0.1, -0.05) is 0 Å². The maximum Gasteiger partial charge on any atom is 0.273 e. The van der Waals surface area contributed by atoms with E-state index in [9.17, 15) is 8.42 Å². The molecule has 2 rings (SSSR count). The van der Waals surface area contributed by atoms with Crippen LogP contribution in [-0.4, -0.2) is 35.2 Å². The molecule has 1 saturated heterocycles. The highest BCUT2D eigenvalue weighted by molar-refractivity contribution is 7.89. The molecule has 0 spiro atoms. The van der Waals surface area contributed by atoms with Crippen molar-refractivity contribution >= 4 is 10.0 Å². The van der Waals surface area contributed by atoms with Gasteiger partial charge in [-0.25, -0.2) is 13.1 Å². The van der Waals surface area contributed by atoms with Crippen LogP contribution < -0.4 is 10.0 Å². The molecule has 1 atom stereocenters. The van der Waals surface area contributed by atoms with Gasteiger partial charge in [-0.2, -0.15) is 0 Å². The van der Waals surface area contributed by atoms with E-state index in [0.29, 0.717) is 18.2 Å². The maximum atomic E-state index is 11.5. The predicted octanol–water partition coefficient (Wildman–Crippen LogP) is 0.704. The van der Waals surface area contributed by atoms with Crippen molar-refractivity contribution in [1.29, 1.82) is 0 Å². The number of rotatable bonds is 7. The largest absolute Gasteiger partial charge is 0.447 e. The summed E-state index contributed by atoms with van der Waals surface area (Å²) in [5.74, 6) is 1.26. The van der Waals surface area contributed by atoms with Gasteiger partial charge in [-0.3, -0.25) is 0 Å². The van der Waals surface area contributed by atoms with Crippen LogP contribution in [0.2, 0.25) is 0 Å². The van der Waals surface area contributed by atoms with Crippen LogP contribution in [0.5, 0.6) is 0 Å². The first-order chi connectivity index (χ1) is 9.12. The number of sulfonamides is 1. The summed E-state index contributed by atoms with van der Waals surface area (Å²) >= 11 is 0. The van der Waals surface area contributed by atoms with Crippen LogP contribution in [0.3, 0.4) is 0 Å². The smallest absolute Gasteiger partial charge is 0.273 e. The highest BCUT2D eigenvalue weighted by Crippen LogP contribution is 2.16. The first-order valence-electron chi connectivity index (χ1n) is 6.42. The molecule has 6 nitrogen and oxygen atoms in total. The normalized spacial score (nSPS) is 19.9. The minimum atomic E-state index is -3.48. The molecular formula is C12H20N2O4S. The molecule has 0 aliphatic carbocycles. The fourth-order valence-electron chi connectivity index (χ4n) is 2.03. The highest BCUT2D eigenvalue weighted by Gasteiger charge is 2.17. The average Bonchev–Trinajstić information content (AvgIpc) is 3.06. The number of ether oxygens (including phenoxy) is 1. The molecule has 0 saturated carbocycles. The first kappa shape index (κ1) is 14.5. The van der Waals surface area contributed by atoms with Crippen molar-refractivity contribution in [3.63, 3.8) is 0 Å². The van der Waals surface area contributed by atoms with E-state index in [4.69, 9.17) is 9.15 Å². The topological polar surface area (TPSA) is 80.6 Å². The fraction of sp³-hybridized carbons (Fsp3) is 0.667.